The first kappa shape index (κ1) is 16.5. The topological polar surface area (TPSA) is 96.8 Å². The third kappa shape index (κ3) is 3.28. The van der Waals surface area contributed by atoms with E-state index in [-0.39, 0.29) is 11.7 Å². The lowest BCUT2D eigenvalue weighted by Crippen LogP contribution is -2.35. The first-order chi connectivity index (χ1) is 12.0. The molecule has 0 saturated carbocycles. The molecule has 1 aliphatic heterocycles. The second-order valence-corrected chi connectivity index (χ2v) is 8.59. The Labute approximate surface area is 146 Å². The van der Waals surface area contributed by atoms with Crippen LogP contribution in [-0.4, -0.2) is 29.2 Å². The minimum absolute atomic E-state index is 0.192. The van der Waals surface area contributed by atoms with Crippen molar-refractivity contribution in [1.29, 1.82) is 0 Å². The minimum atomic E-state index is -3.56. The van der Waals surface area contributed by atoms with Crippen molar-refractivity contribution < 1.29 is 8.42 Å². The van der Waals surface area contributed by atoms with E-state index in [2.05, 4.69) is 14.9 Å². The van der Waals surface area contributed by atoms with Gasteiger partial charge in [-0.05, 0) is 61.8 Å². The molecule has 0 fully saturated rings. The summed E-state index contributed by atoms with van der Waals surface area (Å²) in [4.78, 5) is 12.0. The van der Waals surface area contributed by atoms with Crippen LogP contribution in [-0.2, 0) is 35.8 Å². The molecule has 0 radical (unpaired) electrons. The maximum Gasteiger partial charge on any atom is 0.343 e. The van der Waals surface area contributed by atoms with Gasteiger partial charge in [0.15, 0.2) is 0 Å². The van der Waals surface area contributed by atoms with Crippen LogP contribution in [0.15, 0.2) is 27.9 Å². The van der Waals surface area contributed by atoms with Gasteiger partial charge >= 0.3 is 5.69 Å². The highest BCUT2D eigenvalue weighted by atomic mass is 32.2. The summed E-state index contributed by atoms with van der Waals surface area (Å²) in [5.74, 6) is 0.695. The Balaban J connectivity index is 1.51. The molecule has 2 heterocycles. The molecule has 0 spiro atoms. The average molecular weight is 362 g/mol. The predicted molar refractivity (Wildman–Crippen MR) is 93.0 cm³/mol. The molecular formula is C17H22N4O3S. The Morgan fingerprint density at radius 2 is 1.92 bits per heavy atom. The first-order valence-electron chi connectivity index (χ1n) is 8.81. The number of fused-ring (bicyclic) bond motifs is 2. The average Bonchev–Trinajstić information content (AvgIpc) is 2.84. The molecule has 1 unspecified atom stereocenters. The number of aryl methyl sites for hydroxylation is 3. The van der Waals surface area contributed by atoms with Gasteiger partial charge in [-0.2, -0.15) is 5.10 Å². The molecule has 1 aromatic heterocycles. The van der Waals surface area contributed by atoms with E-state index in [1.807, 2.05) is 12.1 Å². The zero-order valence-corrected chi connectivity index (χ0v) is 14.8. The number of aromatic nitrogens is 3. The van der Waals surface area contributed by atoms with E-state index in [1.165, 1.54) is 12.0 Å². The predicted octanol–water partition coefficient (Wildman–Crippen LogP) is 1.13. The molecule has 8 heteroatoms. The molecule has 1 aliphatic carbocycles. The van der Waals surface area contributed by atoms with Crippen molar-refractivity contribution in [2.24, 2.45) is 0 Å². The van der Waals surface area contributed by atoms with Gasteiger partial charge in [-0.15, -0.1) is 0 Å². The van der Waals surface area contributed by atoms with Gasteiger partial charge in [-0.25, -0.2) is 23.0 Å². The van der Waals surface area contributed by atoms with E-state index in [0.717, 1.165) is 24.8 Å². The largest absolute Gasteiger partial charge is 0.343 e. The molecule has 7 nitrogen and oxygen atoms in total. The van der Waals surface area contributed by atoms with Crippen molar-refractivity contribution in [3.05, 3.63) is 45.6 Å². The van der Waals surface area contributed by atoms with E-state index in [0.29, 0.717) is 36.5 Å². The smallest absolute Gasteiger partial charge is 0.279 e. The van der Waals surface area contributed by atoms with Gasteiger partial charge in [-0.1, -0.05) is 6.07 Å². The van der Waals surface area contributed by atoms with Crippen LogP contribution in [0.25, 0.3) is 0 Å². The van der Waals surface area contributed by atoms with Gasteiger partial charge in [-0.3, -0.25) is 4.57 Å². The number of benzene rings is 1. The zero-order valence-electron chi connectivity index (χ0n) is 14.0. The standard InChI is InChI=1S/C17H22N4O3S/c22-17-19-18-16-8-6-14(9-10-21(16)17)20-25(23,24)15-7-5-12-3-1-2-4-13(12)11-15/h5,7,11,14,20H,1-4,6,8-10H2,(H,19,22). The van der Waals surface area contributed by atoms with Gasteiger partial charge in [0.1, 0.15) is 5.82 Å². The summed E-state index contributed by atoms with van der Waals surface area (Å²) in [6.45, 7) is 0.474. The van der Waals surface area contributed by atoms with Crippen LogP contribution in [0.4, 0.5) is 0 Å². The minimum Gasteiger partial charge on any atom is -0.279 e. The lowest BCUT2D eigenvalue weighted by atomic mass is 9.92. The maximum absolute atomic E-state index is 12.8. The SMILES string of the molecule is O=c1[nH]nc2n1CCC(NS(=O)(=O)c1ccc3c(c1)CCCC3)CC2. The number of aromatic amines is 1. The summed E-state index contributed by atoms with van der Waals surface area (Å²) in [6, 6.07) is 5.29. The highest BCUT2D eigenvalue weighted by molar-refractivity contribution is 7.89. The Kier molecular flexibility index (Phi) is 4.24. The van der Waals surface area contributed by atoms with E-state index in [4.69, 9.17) is 0 Å². The van der Waals surface area contributed by atoms with Crippen LogP contribution in [0.1, 0.15) is 42.6 Å². The molecule has 25 heavy (non-hydrogen) atoms. The number of nitrogens with zero attached hydrogens (tertiary/aromatic N) is 2. The Bertz CT molecular complexity index is 945. The van der Waals surface area contributed by atoms with Gasteiger partial charge < -0.3 is 0 Å². The van der Waals surface area contributed by atoms with Crippen LogP contribution < -0.4 is 10.4 Å². The quantitative estimate of drug-likeness (QED) is 0.855. The molecule has 134 valence electrons. The summed E-state index contributed by atoms with van der Waals surface area (Å²) < 4.78 is 30.0. The molecule has 4 rings (SSSR count). The van der Waals surface area contributed by atoms with Crippen LogP contribution in [0.3, 0.4) is 0 Å². The van der Waals surface area contributed by atoms with E-state index < -0.39 is 10.0 Å². The first-order valence-corrected chi connectivity index (χ1v) is 10.3. The highest BCUT2D eigenvalue weighted by Gasteiger charge is 2.25. The van der Waals surface area contributed by atoms with Crippen molar-refractivity contribution >= 4 is 10.0 Å². The van der Waals surface area contributed by atoms with E-state index in [1.54, 1.807) is 10.6 Å². The number of nitrogens with one attached hydrogen (secondary N) is 2. The third-order valence-corrected chi connectivity index (χ3v) is 6.73. The molecular weight excluding hydrogens is 340 g/mol. The third-order valence-electron chi connectivity index (χ3n) is 5.21. The fourth-order valence-electron chi connectivity index (χ4n) is 3.79. The molecule has 0 amide bonds. The lowest BCUT2D eigenvalue weighted by Gasteiger charge is -2.19. The summed E-state index contributed by atoms with van der Waals surface area (Å²) >= 11 is 0. The molecule has 2 N–H and O–H groups in total. The fourth-order valence-corrected chi connectivity index (χ4v) is 5.14. The normalized spacial score (nSPS) is 20.6. The van der Waals surface area contributed by atoms with Crippen molar-refractivity contribution in [1.82, 2.24) is 19.5 Å². The number of hydrogen-bond acceptors (Lipinski definition) is 4. The monoisotopic (exact) mass is 362 g/mol. The lowest BCUT2D eigenvalue weighted by molar-refractivity contribution is 0.493. The van der Waals surface area contributed by atoms with Crippen molar-refractivity contribution in [3.8, 4) is 0 Å². The summed E-state index contributed by atoms with van der Waals surface area (Å²) in [7, 11) is -3.56. The number of hydrogen-bond donors (Lipinski definition) is 2. The molecule has 0 bridgehead atoms. The Hall–Kier alpha value is -1.93. The van der Waals surface area contributed by atoms with Gasteiger partial charge in [0.2, 0.25) is 10.0 Å². The molecule has 0 saturated heterocycles. The molecule has 1 atom stereocenters. The Morgan fingerprint density at radius 1 is 1.12 bits per heavy atom. The van der Waals surface area contributed by atoms with Crippen LogP contribution in [0.2, 0.25) is 0 Å². The molecule has 1 aromatic carbocycles. The summed E-state index contributed by atoms with van der Waals surface area (Å²) in [5.41, 5.74) is 2.19. The van der Waals surface area contributed by atoms with E-state index >= 15 is 0 Å². The van der Waals surface area contributed by atoms with E-state index in [9.17, 15) is 13.2 Å². The second-order valence-electron chi connectivity index (χ2n) is 6.88. The zero-order chi connectivity index (χ0) is 17.4. The van der Waals surface area contributed by atoms with Crippen LogP contribution in [0, 0.1) is 0 Å². The summed E-state index contributed by atoms with van der Waals surface area (Å²) in [6.07, 6.45) is 6.07. The fraction of sp³-hybridized carbons (Fsp3) is 0.529. The second kappa shape index (κ2) is 6.42. The summed E-state index contributed by atoms with van der Waals surface area (Å²) in [5, 5.41) is 6.45. The highest BCUT2D eigenvalue weighted by Crippen LogP contribution is 2.24. The maximum atomic E-state index is 12.8. The molecule has 2 aromatic rings. The van der Waals surface area contributed by atoms with Crippen LogP contribution in [0.5, 0.6) is 0 Å². The van der Waals surface area contributed by atoms with Gasteiger partial charge in [0, 0.05) is 19.0 Å². The van der Waals surface area contributed by atoms with Crippen LogP contribution >= 0.6 is 0 Å². The number of sulfonamides is 1. The number of rotatable bonds is 3. The number of H-pyrrole nitrogens is 1. The molecule has 2 aliphatic rings. The van der Waals surface area contributed by atoms with Gasteiger partial charge in [0.25, 0.3) is 0 Å². The van der Waals surface area contributed by atoms with Crippen molar-refractivity contribution in [2.45, 2.75) is 62.4 Å². The van der Waals surface area contributed by atoms with Gasteiger partial charge in [0.05, 0.1) is 4.90 Å². The Morgan fingerprint density at radius 3 is 2.76 bits per heavy atom. The van der Waals surface area contributed by atoms with Crippen molar-refractivity contribution in [3.63, 3.8) is 0 Å². The van der Waals surface area contributed by atoms with Crippen molar-refractivity contribution in [2.75, 3.05) is 0 Å².